The molecule has 0 saturated carbocycles. The Morgan fingerprint density at radius 3 is 2.62 bits per heavy atom. The van der Waals surface area contributed by atoms with Crippen LogP contribution in [0.15, 0.2) is 66.6 Å². The van der Waals surface area contributed by atoms with E-state index < -0.39 is 5.54 Å². The van der Waals surface area contributed by atoms with Crippen molar-refractivity contribution in [3.05, 3.63) is 83.6 Å². The molecule has 34 heavy (non-hydrogen) atoms. The van der Waals surface area contributed by atoms with Crippen molar-refractivity contribution in [2.45, 2.75) is 44.6 Å². The van der Waals surface area contributed by atoms with E-state index >= 15 is 0 Å². The highest BCUT2D eigenvalue weighted by atomic mass is 19.1. The summed E-state index contributed by atoms with van der Waals surface area (Å²) in [7, 11) is 0. The Hall–Kier alpha value is -3.81. The van der Waals surface area contributed by atoms with Gasteiger partial charge in [0.1, 0.15) is 11.6 Å². The van der Waals surface area contributed by atoms with E-state index in [0.717, 1.165) is 17.5 Å². The number of carbonyl (C=O) groups excluding carboxylic acids is 2. The van der Waals surface area contributed by atoms with Crippen molar-refractivity contribution in [1.29, 1.82) is 0 Å². The van der Waals surface area contributed by atoms with Gasteiger partial charge < -0.3 is 15.0 Å². The zero-order valence-corrected chi connectivity index (χ0v) is 19.1. The first-order valence-corrected chi connectivity index (χ1v) is 11.5. The summed E-state index contributed by atoms with van der Waals surface area (Å²) in [5, 5.41) is 4.28. The van der Waals surface area contributed by atoms with E-state index in [1.165, 1.54) is 23.1 Å². The van der Waals surface area contributed by atoms with Gasteiger partial charge >= 0.3 is 5.97 Å². The lowest BCUT2D eigenvalue weighted by Gasteiger charge is -2.39. The van der Waals surface area contributed by atoms with Crippen molar-refractivity contribution in [2.24, 2.45) is 0 Å². The molecule has 1 aliphatic heterocycles. The molecule has 1 atom stereocenters. The first-order valence-electron chi connectivity index (χ1n) is 11.5. The quantitative estimate of drug-likeness (QED) is 0.257. The van der Waals surface area contributed by atoms with Gasteiger partial charge in [-0.15, -0.1) is 0 Å². The zero-order valence-electron chi connectivity index (χ0n) is 19.1. The van der Waals surface area contributed by atoms with Gasteiger partial charge in [-0.1, -0.05) is 30.3 Å². The van der Waals surface area contributed by atoms with Crippen LogP contribution in [0.5, 0.6) is 0 Å². The Labute approximate surface area is 197 Å². The minimum Gasteiger partial charge on any atom is -0.464 e. The van der Waals surface area contributed by atoms with Gasteiger partial charge in [-0.2, -0.15) is 0 Å². The highest BCUT2D eigenvalue weighted by Gasteiger charge is 2.44. The Morgan fingerprint density at radius 1 is 1.09 bits per heavy atom. The van der Waals surface area contributed by atoms with Gasteiger partial charge in [-0.25, -0.2) is 9.18 Å². The predicted octanol–water partition coefficient (Wildman–Crippen LogP) is 3.63. The maximum atomic E-state index is 13.1. The number of aryl methyl sites for hydroxylation is 2. The molecule has 0 spiro atoms. The largest absolute Gasteiger partial charge is 0.464 e. The smallest absolute Gasteiger partial charge is 0.336 e. The number of para-hydroxylation sites is 1. The summed E-state index contributed by atoms with van der Waals surface area (Å²) in [5.41, 5.74) is 7.74. The molecule has 0 fully saturated rings. The van der Waals surface area contributed by atoms with Crippen molar-refractivity contribution in [3.8, 4) is 0 Å². The topological polar surface area (TPSA) is 95.2 Å². The number of ether oxygens (including phenoxy) is 1. The van der Waals surface area contributed by atoms with Gasteiger partial charge in [0.2, 0.25) is 5.91 Å². The van der Waals surface area contributed by atoms with Crippen LogP contribution >= 0.6 is 0 Å². The summed E-state index contributed by atoms with van der Waals surface area (Å²) in [6.07, 6.45) is 6.61. The molecule has 3 aromatic rings. The number of hydrogen-bond donors (Lipinski definition) is 4. The Balaban J connectivity index is 1.26. The van der Waals surface area contributed by atoms with Gasteiger partial charge in [0.15, 0.2) is 5.54 Å². The van der Waals surface area contributed by atoms with Crippen molar-refractivity contribution in [2.75, 3.05) is 6.61 Å². The highest BCUT2D eigenvalue weighted by Crippen LogP contribution is 2.27. The molecule has 1 amide bonds. The molecule has 0 aliphatic carbocycles. The SMILES string of the molecule is CCOC(=O)C1(CCc2ccc(F)cc2)C=C(NNC(=O)CCCc2c[nH]c3ccccc23)N1. The summed E-state index contributed by atoms with van der Waals surface area (Å²) < 4.78 is 18.4. The fourth-order valence-corrected chi connectivity index (χ4v) is 4.12. The summed E-state index contributed by atoms with van der Waals surface area (Å²) in [5.74, 6) is -0.276. The summed E-state index contributed by atoms with van der Waals surface area (Å²) in [6, 6.07) is 14.3. The molecule has 0 radical (unpaired) electrons. The third-order valence-corrected chi connectivity index (χ3v) is 5.97. The third-order valence-electron chi connectivity index (χ3n) is 5.97. The van der Waals surface area contributed by atoms with Crippen LogP contribution in [0.1, 0.15) is 37.3 Å². The normalized spacial score (nSPS) is 16.8. The fourth-order valence-electron chi connectivity index (χ4n) is 4.12. The molecule has 4 N–H and O–H groups in total. The molecule has 7 nitrogen and oxygen atoms in total. The number of rotatable bonds is 11. The number of aromatic nitrogens is 1. The fraction of sp³-hybridized carbons (Fsp3) is 0.308. The van der Waals surface area contributed by atoms with Gasteiger partial charge in [0.25, 0.3) is 0 Å². The van der Waals surface area contributed by atoms with Crippen LogP contribution in [0.3, 0.4) is 0 Å². The lowest BCUT2D eigenvalue weighted by atomic mass is 9.86. The van der Waals surface area contributed by atoms with Gasteiger partial charge in [0, 0.05) is 23.5 Å². The second kappa shape index (κ2) is 10.4. The number of carbonyl (C=O) groups is 2. The van der Waals surface area contributed by atoms with Crippen LogP contribution < -0.4 is 16.2 Å². The predicted molar refractivity (Wildman–Crippen MR) is 128 cm³/mol. The number of nitrogens with one attached hydrogen (secondary N) is 4. The number of benzene rings is 2. The van der Waals surface area contributed by atoms with Crippen molar-refractivity contribution < 1.29 is 18.7 Å². The molecule has 1 aliphatic rings. The molecule has 1 aromatic heterocycles. The molecule has 8 heteroatoms. The van der Waals surface area contributed by atoms with E-state index in [1.807, 2.05) is 24.4 Å². The van der Waals surface area contributed by atoms with Crippen LogP contribution in [0.25, 0.3) is 10.9 Å². The lowest BCUT2D eigenvalue weighted by Crippen LogP contribution is -2.62. The zero-order chi connectivity index (χ0) is 24.0. The Morgan fingerprint density at radius 2 is 1.85 bits per heavy atom. The lowest BCUT2D eigenvalue weighted by molar-refractivity contribution is -0.150. The van der Waals surface area contributed by atoms with E-state index in [0.29, 0.717) is 31.5 Å². The number of H-pyrrole nitrogens is 1. The maximum Gasteiger partial charge on any atom is 0.336 e. The van der Waals surface area contributed by atoms with Crippen LogP contribution in [0, 0.1) is 5.82 Å². The second-order valence-corrected chi connectivity index (χ2v) is 8.39. The van der Waals surface area contributed by atoms with Crippen molar-refractivity contribution >= 4 is 22.8 Å². The molecule has 2 aromatic carbocycles. The first-order chi connectivity index (χ1) is 16.5. The number of halogens is 1. The molecule has 2 heterocycles. The van der Waals surface area contributed by atoms with Crippen molar-refractivity contribution in [3.63, 3.8) is 0 Å². The maximum absolute atomic E-state index is 13.1. The van der Waals surface area contributed by atoms with E-state index in [2.05, 4.69) is 27.2 Å². The number of esters is 1. The third kappa shape index (κ3) is 5.39. The first kappa shape index (κ1) is 23.4. The summed E-state index contributed by atoms with van der Waals surface area (Å²) >= 11 is 0. The van der Waals surface area contributed by atoms with Gasteiger partial charge in [-0.05, 0) is 68.0 Å². The van der Waals surface area contributed by atoms with Crippen molar-refractivity contribution in [1.82, 2.24) is 21.2 Å². The van der Waals surface area contributed by atoms with E-state index in [4.69, 9.17) is 4.74 Å². The van der Waals surface area contributed by atoms with Crippen LogP contribution in [0.2, 0.25) is 0 Å². The average Bonchev–Trinajstić information content (AvgIpc) is 3.22. The highest BCUT2D eigenvalue weighted by molar-refractivity contribution is 5.86. The molecule has 4 rings (SSSR count). The van der Waals surface area contributed by atoms with Crippen LogP contribution in [0.4, 0.5) is 4.39 Å². The van der Waals surface area contributed by atoms with Gasteiger partial charge in [0.05, 0.1) is 6.61 Å². The number of hydrogen-bond acceptors (Lipinski definition) is 5. The molecular weight excluding hydrogens is 435 g/mol. The van der Waals surface area contributed by atoms with Crippen LogP contribution in [-0.2, 0) is 27.2 Å². The molecule has 0 saturated heterocycles. The second-order valence-electron chi connectivity index (χ2n) is 8.39. The van der Waals surface area contributed by atoms with E-state index in [-0.39, 0.29) is 24.3 Å². The van der Waals surface area contributed by atoms with Crippen LogP contribution in [-0.4, -0.2) is 29.0 Å². The summed E-state index contributed by atoms with van der Waals surface area (Å²) in [6.45, 7) is 2.02. The Bertz CT molecular complexity index is 1190. The molecule has 1 unspecified atom stereocenters. The number of amides is 1. The molecule has 0 bridgehead atoms. The van der Waals surface area contributed by atoms with Gasteiger partial charge in [-0.3, -0.25) is 15.6 Å². The van der Waals surface area contributed by atoms with E-state index in [1.54, 1.807) is 25.1 Å². The summed E-state index contributed by atoms with van der Waals surface area (Å²) in [4.78, 5) is 28.1. The number of hydrazine groups is 1. The number of aromatic amines is 1. The van der Waals surface area contributed by atoms with E-state index in [9.17, 15) is 14.0 Å². The molecular formula is C26H29FN4O3. The molecule has 178 valence electrons. The Kier molecular flexibility index (Phi) is 7.15. The minimum absolute atomic E-state index is 0.137. The monoisotopic (exact) mass is 464 g/mol. The minimum atomic E-state index is -0.979. The average molecular weight is 465 g/mol. The number of fused-ring (bicyclic) bond motifs is 1. The standard InChI is InChI=1S/C26H29FN4O3/c1-2-34-25(33)26(15-14-18-10-12-20(27)13-11-18)16-23(29-26)30-31-24(32)9-5-6-19-17-28-22-8-4-3-7-21(19)22/h3-4,7-8,10-13,16-17,28-30H,2,5-6,9,14-15H2,1H3,(H,31,32).